The smallest absolute Gasteiger partial charge is 0.274 e. The molecule has 3 heterocycles. The minimum Gasteiger partial charge on any atom is -0.399 e. The van der Waals surface area contributed by atoms with E-state index in [2.05, 4.69) is 41.0 Å². The maximum absolute atomic E-state index is 13.9. The average Bonchev–Trinajstić information content (AvgIpc) is 3.47. The third kappa shape index (κ3) is 3.79. The average molecular weight is 455 g/mol. The molecule has 2 aromatic carbocycles. The number of hydrogen-bond acceptors (Lipinski definition) is 4. The predicted octanol–water partition coefficient (Wildman–Crippen LogP) is 5.53. The number of H-pyrrole nitrogens is 1. The number of nitrogens with one attached hydrogen (secondary N) is 1. The van der Waals surface area contributed by atoms with Crippen LogP contribution in [0.25, 0.3) is 10.9 Å². The molecule has 0 fully saturated rings. The van der Waals surface area contributed by atoms with Crippen LogP contribution in [0.5, 0.6) is 0 Å². The number of unbranched alkanes of at least 4 members (excludes halogenated alkanes) is 1. The van der Waals surface area contributed by atoms with Crippen molar-refractivity contribution in [1.29, 1.82) is 0 Å². The highest BCUT2D eigenvalue weighted by Gasteiger charge is 2.41. The van der Waals surface area contributed by atoms with Crippen LogP contribution in [0, 0.1) is 12.3 Å². The van der Waals surface area contributed by atoms with Crippen LogP contribution < -0.4 is 5.73 Å². The van der Waals surface area contributed by atoms with Crippen LogP contribution in [-0.4, -0.2) is 26.8 Å². The molecule has 5 rings (SSSR count). The van der Waals surface area contributed by atoms with E-state index in [0.29, 0.717) is 16.4 Å². The molecule has 4 aromatic rings. The lowest BCUT2D eigenvalue weighted by atomic mass is 9.86. The summed E-state index contributed by atoms with van der Waals surface area (Å²) in [6, 6.07) is 16.0. The number of nitrogen functional groups attached to an aromatic ring is 1. The number of carbonyl (C=O) groups excluding carboxylic acids is 1. The van der Waals surface area contributed by atoms with Gasteiger partial charge in [0.2, 0.25) is 0 Å². The Balaban J connectivity index is 1.70. The van der Waals surface area contributed by atoms with Gasteiger partial charge >= 0.3 is 0 Å². The Kier molecular flexibility index (Phi) is 5.65. The summed E-state index contributed by atoms with van der Waals surface area (Å²) in [7, 11) is 0. The van der Waals surface area contributed by atoms with Gasteiger partial charge in [-0.2, -0.15) is 0 Å². The SMILES string of the molecule is C#Cc1nc(C(=O)N2C(CCCC)Cc3c([nH]c4ccccc34)C2c2ccc(N)cc2)cs1. The summed E-state index contributed by atoms with van der Waals surface area (Å²) in [5.74, 6) is 2.47. The number of thiazole rings is 1. The second kappa shape index (κ2) is 8.76. The van der Waals surface area contributed by atoms with E-state index >= 15 is 0 Å². The number of nitrogens with two attached hydrogens (primary N) is 1. The normalized spacial score (nSPS) is 17.6. The molecule has 33 heavy (non-hydrogen) atoms. The number of terminal acetylenes is 1. The van der Waals surface area contributed by atoms with Crippen molar-refractivity contribution in [3.05, 3.63) is 81.4 Å². The second-order valence-corrected chi connectivity index (χ2v) is 9.38. The molecular weight excluding hydrogens is 428 g/mol. The van der Waals surface area contributed by atoms with E-state index in [9.17, 15) is 4.79 Å². The van der Waals surface area contributed by atoms with Crippen LogP contribution in [0.3, 0.4) is 0 Å². The van der Waals surface area contributed by atoms with E-state index < -0.39 is 0 Å². The Bertz CT molecular complexity index is 1340. The third-order valence-electron chi connectivity index (χ3n) is 6.46. The van der Waals surface area contributed by atoms with Gasteiger partial charge in [-0.3, -0.25) is 4.79 Å². The Morgan fingerprint density at radius 2 is 2.06 bits per heavy atom. The van der Waals surface area contributed by atoms with E-state index in [4.69, 9.17) is 12.2 Å². The molecule has 1 aliphatic rings. The maximum Gasteiger partial charge on any atom is 0.274 e. The van der Waals surface area contributed by atoms with Gasteiger partial charge in [0.1, 0.15) is 5.69 Å². The lowest BCUT2D eigenvalue weighted by Gasteiger charge is -2.42. The van der Waals surface area contributed by atoms with Crippen LogP contribution in [0.2, 0.25) is 0 Å². The number of anilines is 1. The standard InChI is InChI=1S/C27H26N4OS/c1-3-5-8-19-15-21-20-9-6-7-10-22(20)30-25(21)26(17-11-13-18(28)14-12-17)31(19)27(32)23-16-33-24(4-2)29-23/h2,6-7,9-14,16,19,26,30H,3,5,8,15,28H2,1H3. The number of fused-ring (bicyclic) bond motifs is 3. The molecule has 166 valence electrons. The number of aromatic amines is 1. The van der Waals surface area contributed by atoms with Crippen molar-refractivity contribution in [3.8, 4) is 12.3 Å². The molecule has 0 radical (unpaired) electrons. The molecule has 0 aliphatic carbocycles. The van der Waals surface area contributed by atoms with Crippen molar-refractivity contribution in [3.63, 3.8) is 0 Å². The minimum absolute atomic E-state index is 0.0581. The van der Waals surface area contributed by atoms with Crippen molar-refractivity contribution in [2.45, 2.75) is 44.7 Å². The Morgan fingerprint density at radius 3 is 2.79 bits per heavy atom. The van der Waals surface area contributed by atoms with Gasteiger partial charge in [-0.1, -0.05) is 50.1 Å². The van der Waals surface area contributed by atoms with Gasteiger partial charge in [0.15, 0.2) is 5.01 Å². The molecular formula is C27H26N4OS. The highest BCUT2D eigenvalue weighted by molar-refractivity contribution is 7.10. The van der Waals surface area contributed by atoms with Crippen LogP contribution in [-0.2, 0) is 6.42 Å². The molecule has 3 N–H and O–H groups in total. The summed E-state index contributed by atoms with van der Waals surface area (Å²) >= 11 is 1.33. The molecule has 0 saturated heterocycles. The molecule has 2 unspecified atom stereocenters. The van der Waals surface area contributed by atoms with Crippen LogP contribution >= 0.6 is 11.3 Å². The number of hydrogen-bond donors (Lipinski definition) is 2. The highest BCUT2D eigenvalue weighted by atomic mass is 32.1. The Morgan fingerprint density at radius 1 is 1.27 bits per heavy atom. The molecule has 0 saturated carbocycles. The summed E-state index contributed by atoms with van der Waals surface area (Å²) in [5.41, 5.74) is 11.6. The van der Waals surface area contributed by atoms with Crippen molar-refractivity contribution in [2.24, 2.45) is 0 Å². The number of benzene rings is 2. The fourth-order valence-electron chi connectivity index (χ4n) is 4.90. The summed E-state index contributed by atoms with van der Waals surface area (Å²) < 4.78 is 0. The quantitative estimate of drug-likeness (QED) is 0.307. The topological polar surface area (TPSA) is 75.0 Å². The predicted molar refractivity (Wildman–Crippen MR) is 134 cm³/mol. The first kappa shape index (κ1) is 21.3. The van der Waals surface area contributed by atoms with Crippen molar-refractivity contribution >= 4 is 33.8 Å². The number of aromatic nitrogens is 2. The molecule has 1 aliphatic heterocycles. The van der Waals surface area contributed by atoms with Gasteiger partial charge in [-0.15, -0.1) is 17.8 Å². The number of para-hydroxylation sites is 1. The first-order valence-electron chi connectivity index (χ1n) is 11.3. The number of nitrogens with zero attached hydrogens (tertiary/aromatic N) is 2. The van der Waals surface area contributed by atoms with Gasteiger partial charge in [0.05, 0.1) is 6.04 Å². The van der Waals surface area contributed by atoms with E-state index in [0.717, 1.165) is 42.5 Å². The largest absolute Gasteiger partial charge is 0.399 e. The Labute approximate surface area is 197 Å². The van der Waals surface area contributed by atoms with E-state index in [1.54, 1.807) is 5.38 Å². The van der Waals surface area contributed by atoms with Crippen molar-refractivity contribution in [2.75, 3.05) is 5.73 Å². The van der Waals surface area contributed by atoms with Gasteiger partial charge in [-0.05, 0) is 48.1 Å². The van der Waals surface area contributed by atoms with Crippen LogP contribution in [0.15, 0.2) is 53.9 Å². The zero-order valence-corrected chi connectivity index (χ0v) is 19.4. The molecule has 6 heteroatoms. The first-order chi connectivity index (χ1) is 16.1. The summed E-state index contributed by atoms with van der Waals surface area (Å²) in [4.78, 5) is 24.0. The van der Waals surface area contributed by atoms with Gasteiger partial charge in [-0.25, -0.2) is 4.98 Å². The maximum atomic E-state index is 13.9. The van der Waals surface area contributed by atoms with Gasteiger partial charge < -0.3 is 15.6 Å². The third-order valence-corrected chi connectivity index (χ3v) is 7.23. The first-order valence-corrected chi connectivity index (χ1v) is 12.2. The van der Waals surface area contributed by atoms with Crippen LogP contribution in [0.4, 0.5) is 5.69 Å². The van der Waals surface area contributed by atoms with E-state index in [1.807, 2.05) is 35.2 Å². The molecule has 1 amide bonds. The number of carbonyl (C=O) groups is 1. The zero-order chi connectivity index (χ0) is 22.9. The van der Waals surface area contributed by atoms with Crippen molar-refractivity contribution in [1.82, 2.24) is 14.9 Å². The highest BCUT2D eigenvalue weighted by Crippen LogP contribution is 2.42. The fourth-order valence-corrected chi connectivity index (χ4v) is 5.49. The fraction of sp³-hybridized carbons (Fsp3) is 0.259. The molecule has 2 atom stereocenters. The monoisotopic (exact) mass is 454 g/mol. The summed E-state index contributed by atoms with van der Waals surface area (Å²) in [6.45, 7) is 2.18. The molecule has 0 bridgehead atoms. The lowest BCUT2D eigenvalue weighted by molar-refractivity contribution is 0.0557. The van der Waals surface area contributed by atoms with Gasteiger partial charge in [0.25, 0.3) is 5.91 Å². The van der Waals surface area contributed by atoms with Crippen LogP contribution in [0.1, 0.15) is 64.5 Å². The minimum atomic E-state index is -0.257. The van der Waals surface area contributed by atoms with E-state index in [1.165, 1.54) is 22.3 Å². The summed E-state index contributed by atoms with van der Waals surface area (Å²) in [5, 5.41) is 3.52. The summed E-state index contributed by atoms with van der Waals surface area (Å²) in [6.07, 6.45) is 9.39. The van der Waals surface area contributed by atoms with Gasteiger partial charge in [0, 0.05) is 33.7 Å². The lowest BCUT2D eigenvalue weighted by Crippen LogP contribution is -2.48. The Hall–Kier alpha value is -3.56. The molecule has 5 nitrogen and oxygen atoms in total. The number of rotatable bonds is 5. The molecule has 0 spiro atoms. The second-order valence-electron chi connectivity index (χ2n) is 8.53. The zero-order valence-electron chi connectivity index (χ0n) is 18.5. The van der Waals surface area contributed by atoms with Crippen molar-refractivity contribution < 1.29 is 4.79 Å². The van der Waals surface area contributed by atoms with E-state index in [-0.39, 0.29) is 18.0 Å². The number of amides is 1. The molecule has 2 aromatic heterocycles.